The van der Waals surface area contributed by atoms with Crippen LogP contribution in [-0.4, -0.2) is 23.6 Å². The van der Waals surface area contributed by atoms with Crippen molar-refractivity contribution in [2.45, 2.75) is 17.9 Å². The Bertz CT molecular complexity index is 769. The molecule has 1 unspecified atom stereocenters. The molecule has 2 rings (SSSR count). The number of anilines is 1. The molecular formula is C20H20N2O2S. The Morgan fingerprint density at radius 1 is 1.12 bits per heavy atom. The highest BCUT2D eigenvalue weighted by molar-refractivity contribution is 7.99. The van der Waals surface area contributed by atoms with E-state index in [9.17, 15) is 9.59 Å². The van der Waals surface area contributed by atoms with Gasteiger partial charge in [0.05, 0.1) is 23.0 Å². The standard InChI is InChI=1S/C20H20N2O2S/c1-3-13-21-20(24)17-11-7-8-12-18(17)22-19(23)15(2)25-14-16-9-5-4-6-10-16/h1,4-12,15H,13-14H2,2H3,(H,21,24)(H,22,23). The molecule has 0 aliphatic heterocycles. The van der Waals surface area contributed by atoms with Gasteiger partial charge in [-0.1, -0.05) is 48.4 Å². The summed E-state index contributed by atoms with van der Waals surface area (Å²) in [4.78, 5) is 24.5. The summed E-state index contributed by atoms with van der Waals surface area (Å²) in [5.41, 5.74) is 2.04. The van der Waals surface area contributed by atoms with Crippen molar-refractivity contribution in [1.82, 2.24) is 5.32 Å². The van der Waals surface area contributed by atoms with Crippen LogP contribution < -0.4 is 10.6 Å². The molecule has 0 fully saturated rings. The quantitative estimate of drug-likeness (QED) is 0.752. The Labute approximate surface area is 152 Å². The second-order valence-electron chi connectivity index (χ2n) is 5.36. The monoisotopic (exact) mass is 352 g/mol. The second-order valence-corrected chi connectivity index (χ2v) is 6.69. The zero-order chi connectivity index (χ0) is 18.1. The van der Waals surface area contributed by atoms with E-state index in [1.807, 2.05) is 37.3 Å². The molecule has 0 aromatic heterocycles. The Kier molecular flexibility index (Phi) is 7.12. The molecule has 128 valence electrons. The summed E-state index contributed by atoms with van der Waals surface area (Å²) in [7, 11) is 0. The maximum Gasteiger partial charge on any atom is 0.254 e. The molecule has 0 saturated carbocycles. The second kappa shape index (κ2) is 9.55. The van der Waals surface area contributed by atoms with Gasteiger partial charge in [-0.2, -0.15) is 0 Å². The van der Waals surface area contributed by atoms with Crippen molar-refractivity contribution in [2.24, 2.45) is 0 Å². The van der Waals surface area contributed by atoms with Crippen LogP contribution in [0.2, 0.25) is 0 Å². The van der Waals surface area contributed by atoms with E-state index >= 15 is 0 Å². The van der Waals surface area contributed by atoms with Gasteiger partial charge >= 0.3 is 0 Å². The van der Waals surface area contributed by atoms with Gasteiger partial charge in [0.1, 0.15) is 0 Å². The molecule has 0 spiro atoms. The van der Waals surface area contributed by atoms with Crippen LogP contribution in [0, 0.1) is 12.3 Å². The number of para-hydroxylation sites is 1. The van der Waals surface area contributed by atoms with Gasteiger partial charge in [-0.15, -0.1) is 18.2 Å². The number of carbonyl (C=O) groups excluding carboxylic acids is 2. The molecule has 2 amide bonds. The average Bonchev–Trinajstić information content (AvgIpc) is 2.65. The number of carbonyl (C=O) groups is 2. The molecular weight excluding hydrogens is 332 g/mol. The molecule has 0 aliphatic carbocycles. The average molecular weight is 352 g/mol. The van der Waals surface area contributed by atoms with Gasteiger partial charge in [-0.05, 0) is 24.6 Å². The summed E-state index contributed by atoms with van der Waals surface area (Å²) in [6.07, 6.45) is 5.16. The fraction of sp³-hybridized carbons (Fsp3) is 0.200. The normalized spacial score (nSPS) is 11.2. The third-order valence-corrected chi connectivity index (χ3v) is 4.71. The third kappa shape index (κ3) is 5.70. The molecule has 0 bridgehead atoms. The predicted octanol–water partition coefficient (Wildman–Crippen LogP) is 3.31. The molecule has 2 aromatic carbocycles. The topological polar surface area (TPSA) is 58.2 Å². The third-order valence-electron chi connectivity index (χ3n) is 3.49. The molecule has 4 nitrogen and oxygen atoms in total. The number of thioether (sulfide) groups is 1. The first-order valence-electron chi connectivity index (χ1n) is 7.89. The van der Waals surface area contributed by atoms with Crippen molar-refractivity contribution >= 4 is 29.3 Å². The van der Waals surface area contributed by atoms with Crippen molar-refractivity contribution in [2.75, 3.05) is 11.9 Å². The highest BCUT2D eigenvalue weighted by Crippen LogP contribution is 2.21. The van der Waals surface area contributed by atoms with E-state index in [0.29, 0.717) is 11.3 Å². The number of terminal acetylenes is 1. The molecule has 2 N–H and O–H groups in total. The van der Waals surface area contributed by atoms with Gasteiger partial charge in [0, 0.05) is 5.75 Å². The van der Waals surface area contributed by atoms with Crippen LogP contribution in [0.25, 0.3) is 0 Å². The fourth-order valence-electron chi connectivity index (χ4n) is 2.12. The molecule has 0 saturated heterocycles. The van der Waals surface area contributed by atoms with Crippen LogP contribution in [0.3, 0.4) is 0 Å². The molecule has 0 radical (unpaired) electrons. The highest BCUT2D eigenvalue weighted by atomic mass is 32.2. The molecule has 25 heavy (non-hydrogen) atoms. The molecule has 5 heteroatoms. The summed E-state index contributed by atoms with van der Waals surface area (Å²) in [6, 6.07) is 16.9. The Balaban J connectivity index is 1.97. The minimum Gasteiger partial charge on any atom is -0.341 e. The van der Waals surface area contributed by atoms with E-state index < -0.39 is 0 Å². The first-order chi connectivity index (χ1) is 12.1. The van der Waals surface area contributed by atoms with E-state index in [-0.39, 0.29) is 23.6 Å². The van der Waals surface area contributed by atoms with Gasteiger partial charge in [-0.3, -0.25) is 9.59 Å². The number of amides is 2. The van der Waals surface area contributed by atoms with Crippen LogP contribution in [0.1, 0.15) is 22.8 Å². The van der Waals surface area contributed by atoms with E-state index in [0.717, 1.165) is 5.75 Å². The van der Waals surface area contributed by atoms with E-state index in [1.54, 1.807) is 36.0 Å². The summed E-state index contributed by atoms with van der Waals surface area (Å²) in [5.74, 6) is 2.66. The Hall–Kier alpha value is -2.71. The summed E-state index contributed by atoms with van der Waals surface area (Å²) >= 11 is 1.55. The van der Waals surface area contributed by atoms with Crippen molar-refractivity contribution in [3.8, 4) is 12.3 Å². The van der Waals surface area contributed by atoms with E-state index in [2.05, 4.69) is 16.6 Å². The van der Waals surface area contributed by atoms with Crippen LogP contribution in [0.15, 0.2) is 54.6 Å². The molecule has 0 aliphatic rings. The van der Waals surface area contributed by atoms with Crippen LogP contribution in [-0.2, 0) is 10.5 Å². The van der Waals surface area contributed by atoms with Crippen molar-refractivity contribution in [3.05, 3.63) is 65.7 Å². The highest BCUT2D eigenvalue weighted by Gasteiger charge is 2.17. The summed E-state index contributed by atoms with van der Waals surface area (Å²) < 4.78 is 0. The number of hydrogen-bond acceptors (Lipinski definition) is 3. The van der Waals surface area contributed by atoms with Crippen LogP contribution in [0.4, 0.5) is 5.69 Å². The number of benzene rings is 2. The fourth-order valence-corrected chi connectivity index (χ4v) is 2.97. The van der Waals surface area contributed by atoms with Gasteiger partial charge in [-0.25, -0.2) is 0 Å². The first-order valence-corrected chi connectivity index (χ1v) is 8.93. The first kappa shape index (κ1) is 18.6. The Morgan fingerprint density at radius 3 is 2.52 bits per heavy atom. The minimum absolute atomic E-state index is 0.141. The zero-order valence-corrected chi connectivity index (χ0v) is 14.8. The smallest absolute Gasteiger partial charge is 0.254 e. The van der Waals surface area contributed by atoms with Crippen molar-refractivity contribution < 1.29 is 9.59 Å². The number of nitrogens with one attached hydrogen (secondary N) is 2. The maximum absolute atomic E-state index is 12.4. The SMILES string of the molecule is C#CCNC(=O)c1ccccc1NC(=O)C(C)SCc1ccccc1. The van der Waals surface area contributed by atoms with Crippen molar-refractivity contribution in [3.63, 3.8) is 0 Å². The lowest BCUT2D eigenvalue weighted by molar-refractivity contribution is -0.115. The number of hydrogen-bond donors (Lipinski definition) is 2. The van der Waals surface area contributed by atoms with Crippen molar-refractivity contribution in [1.29, 1.82) is 0 Å². The summed E-state index contributed by atoms with van der Waals surface area (Å²) in [6.45, 7) is 1.99. The Morgan fingerprint density at radius 2 is 1.80 bits per heavy atom. The van der Waals surface area contributed by atoms with Gasteiger partial charge in [0.25, 0.3) is 5.91 Å². The van der Waals surface area contributed by atoms with E-state index in [1.165, 1.54) is 5.56 Å². The minimum atomic E-state index is -0.307. The number of rotatable bonds is 7. The van der Waals surface area contributed by atoms with Crippen LogP contribution >= 0.6 is 11.8 Å². The van der Waals surface area contributed by atoms with Gasteiger partial charge < -0.3 is 10.6 Å². The molecule has 1 atom stereocenters. The molecule has 2 aromatic rings. The summed E-state index contributed by atoms with van der Waals surface area (Å²) in [5, 5.41) is 5.19. The largest absolute Gasteiger partial charge is 0.341 e. The van der Waals surface area contributed by atoms with Gasteiger partial charge in [0.2, 0.25) is 5.91 Å². The lowest BCUT2D eigenvalue weighted by atomic mass is 10.1. The molecule has 0 heterocycles. The van der Waals surface area contributed by atoms with Gasteiger partial charge in [0.15, 0.2) is 0 Å². The maximum atomic E-state index is 12.4. The van der Waals surface area contributed by atoms with E-state index in [4.69, 9.17) is 6.42 Å². The van der Waals surface area contributed by atoms with Crippen LogP contribution in [0.5, 0.6) is 0 Å². The lowest BCUT2D eigenvalue weighted by Gasteiger charge is -2.14. The lowest BCUT2D eigenvalue weighted by Crippen LogP contribution is -2.27. The predicted molar refractivity (Wildman–Crippen MR) is 103 cm³/mol. The zero-order valence-electron chi connectivity index (χ0n) is 14.0.